The molecular weight excluding hydrogens is 275 g/mol. The predicted molar refractivity (Wildman–Crippen MR) is 80.9 cm³/mol. The van der Waals surface area contributed by atoms with Crippen LogP contribution in [0.2, 0.25) is 5.02 Å². The predicted octanol–water partition coefficient (Wildman–Crippen LogP) is 5.57. The lowest BCUT2D eigenvalue weighted by atomic mass is 9.99. The normalized spacial score (nSPS) is 12.2. The molecule has 0 aromatic heterocycles. The Hall–Kier alpha value is -1.54. The van der Waals surface area contributed by atoms with Gasteiger partial charge in [0.05, 0.1) is 5.02 Å². The van der Waals surface area contributed by atoms with E-state index in [9.17, 15) is 4.39 Å². The molecule has 2 aromatic rings. The van der Waals surface area contributed by atoms with Gasteiger partial charge >= 0.3 is 0 Å². The second-order valence-electron chi connectivity index (χ2n) is 4.88. The van der Waals surface area contributed by atoms with Crippen molar-refractivity contribution in [3.63, 3.8) is 0 Å². The van der Waals surface area contributed by atoms with Crippen molar-refractivity contribution >= 4 is 11.6 Å². The molecule has 106 valence electrons. The van der Waals surface area contributed by atoms with Crippen LogP contribution in [0.25, 0.3) is 0 Å². The maximum atomic E-state index is 13.7. The molecule has 1 atom stereocenters. The van der Waals surface area contributed by atoms with Gasteiger partial charge in [-0.15, -0.1) is 0 Å². The lowest BCUT2D eigenvalue weighted by molar-refractivity contribution is 0.300. The number of hydrogen-bond donors (Lipinski definition) is 0. The topological polar surface area (TPSA) is 9.23 Å². The van der Waals surface area contributed by atoms with Crippen LogP contribution in [0.5, 0.6) is 5.75 Å². The molecule has 0 fully saturated rings. The van der Waals surface area contributed by atoms with E-state index in [0.29, 0.717) is 11.5 Å². The second kappa shape index (κ2) is 6.76. The van der Waals surface area contributed by atoms with Gasteiger partial charge < -0.3 is 4.74 Å². The van der Waals surface area contributed by atoms with Gasteiger partial charge in [0.2, 0.25) is 0 Å². The van der Waals surface area contributed by atoms with Gasteiger partial charge in [0, 0.05) is 5.56 Å². The van der Waals surface area contributed by atoms with Gasteiger partial charge in [-0.2, -0.15) is 0 Å². The van der Waals surface area contributed by atoms with Crippen molar-refractivity contribution in [3.8, 4) is 5.75 Å². The minimum Gasteiger partial charge on any atom is -0.489 e. The van der Waals surface area contributed by atoms with E-state index in [0.717, 1.165) is 12.2 Å². The highest BCUT2D eigenvalue weighted by atomic mass is 35.5. The van der Waals surface area contributed by atoms with Crippen LogP contribution in [0.3, 0.4) is 0 Å². The molecule has 1 nitrogen and oxygen atoms in total. The first-order valence-electron chi connectivity index (χ1n) is 6.77. The van der Waals surface area contributed by atoms with E-state index in [4.69, 9.17) is 16.3 Å². The standard InChI is InChI=1S/C17H18ClFO/c1-3-12(2)13-7-9-15(10-8-13)20-11-14-5-4-6-16(18)17(14)19/h4-10,12H,3,11H2,1-2H3. The molecule has 3 heteroatoms. The van der Waals surface area contributed by atoms with Crippen molar-refractivity contribution < 1.29 is 9.13 Å². The van der Waals surface area contributed by atoms with Gasteiger partial charge in [-0.3, -0.25) is 0 Å². The molecule has 2 aromatic carbocycles. The van der Waals surface area contributed by atoms with Crippen LogP contribution in [-0.2, 0) is 6.61 Å². The van der Waals surface area contributed by atoms with E-state index < -0.39 is 5.82 Å². The van der Waals surface area contributed by atoms with Crippen molar-refractivity contribution in [2.45, 2.75) is 32.8 Å². The van der Waals surface area contributed by atoms with Crippen molar-refractivity contribution in [3.05, 3.63) is 64.4 Å². The monoisotopic (exact) mass is 292 g/mol. The average Bonchev–Trinajstić information content (AvgIpc) is 2.48. The maximum absolute atomic E-state index is 13.7. The summed E-state index contributed by atoms with van der Waals surface area (Å²) in [6.07, 6.45) is 1.11. The molecule has 20 heavy (non-hydrogen) atoms. The number of benzene rings is 2. The summed E-state index contributed by atoms with van der Waals surface area (Å²) in [6.45, 7) is 4.53. The van der Waals surface area contributed by atoms with Gasteiger partial charge in [0.1, 0.15) is 18.2 Å². The molecule has 0 aliphatic heterocycles. The van der Waals surface area contributed by atoms with Gasteiger partial charge in [-0.1, -0.05) is 49.7 Å². The van der Waals surface area contributed by atoms with E-state index in [2.05, 4.69) is 26.0 Å². The summed E-state index contributed by atoms with van der Waals surface area (Å²) < 4.78 is 19.3. The number of rotatable bonds is 5. The van der Waals surface area contributed by atoms with E-state index >= 15 is 0 Å². The lowest BCUT2D eigenvalue weighted by Gasteiger charge is -2.11. The highest BCUT2D eigenvalue weighted by Crippen LogP contribution is 2.23. The Kier molecular flexibility index (Phi) is 5.02. The molecule has 0 heterocycles. The molecule has 0 saturated carbocycles. The zero-order valence-electron chi connectivity index (χ0n) is 11.7. The summed E-state index contributed by atoms with van der Waals surface area (Å²) in [6, 6.07) is 12.9. The fourth-order valence-corrected chi connectivity index (χ4v) is 2.14. The molecule has 2 rings (SSSR count). The van der Waals surface area contributed by atoms with Crippen LogP contribution < -0.4 is 4.74 Å². The Morgan fingerprint density at radius 3 is 2.50 bits per heavy atom. The molecule has 0 aliphatic rings. The Morgan fingerprint density at radius 2 is 1.85 bits per heavy atom. The fourth-order valence-electron chi connectivity index (χ4n) is 1.95. The molecule has 1 unspecified atom stereocenters. The third-order valence-corrected chi connectivity index (χ3v) is 3.78. The molecular formula is C17H18ClFO. The molecule has 0 saturated heterocycles. The quantitative estimate of drug-likeness (QED) is 0.700. The highest BCUT2D eigenvalue weighted by Gasteiger charge is 2.07. The van der Waals surface area contributed by atoms with Crippen LogP contribution in [0, 0.1) is 5.82 Å². The van der Waals surface area contributed by atoms with Crippen molar-refractivity contribution in [2.24, 2.45) is 0 Å². The van der Waals surface area contributed by atoms with Crippen LogP contribution in [0.1, 0.15) is 37.3 Å². The van der Waals surface area contributed by atoms with Gasteiger partial charge in [-0.25, -0.2) is 4.39 Å². The zero-order valence-corrected chi connectivity index (χ0v) is 12.5. The number of halogens is 2. The fraction of sp³-hybridized carbons (Fsp3) is 0.294. The first-order chi connectivity index (χ1) is 9.61. The number of hydrogen-bond acceptors (Lipinski definition) is 1. The summed E-state index contributed by atoms with van der Waals surface area (Å²) >= 11 is 5.74. The third kappa shape index (κ3) is 3.51. The summed E-state index contributed by atoms with van der Waals surface area (Å²) in [5.41, 5.74) is 1.75. The van der Waals surface area contributed by atoms with E-state index in [1.165, 1.54) is 11.6 Å². The average molecular weight is 293 g/mol. The SMILES string of the molecule is CCC(C)c1ccc(OCc2cccc(Cl)c2F)cc1. The second-order valence-corrected chi connectivity index (χ2v) is 5.29. The van der Waals surface area contributed by atoms with E-state index in [1.54, 1.807) is 12.1 Å². The Balaban J connectivity index is 2.02. The number of ether oxygens (including phenoxy) is 1. The smallest absolute Gasteiger partial charge is 0.148 e. The first-order valence-corrected chi connectivity index (χ1v) is 7.15. The van der Waals surface area contributed by atoms with Crippen LogP contribution in [0.4, 0.5) is 4.39 Å². The Bertz CT molecular complexity index is 566. The van der Waals surface area contributed by atoms with E-state index in [1.807, 2.05) is 12.1 Å². The first kappa shape index (κ1) is 14.9. The largest absolute Gasteiger partial charge is 0.489 e. The van der Waals surface area contributed by atoms with Gasteiger partial charge in [0.15, 0.2) is 0 Å². The highest BCUT2D eigenvalue weighted by molar-refractivity contribution is 6.30. The minimum atomic E-state index is -0.412. The van der Waals surface area contributed by atoms with E-state index in [-0.39, 0.29) is 11.6 Å². The lowest BCUT2D eigenvalue weighted by Crippen LogP contribution is -1.99. The molecule has 0 aliphatic carbocycles. The Labute approximate surface area is 124 Å². The minimum absolute atomic E-state index is 0.123. The van der Waals surface area contributed by atoms with Crippen LogP contribution >= 0.6 is 11.6 Å². The molecule has 0 N–H and O–H groups in total. The summed E-state index contributed by atoms with van der Waals surface area (Å²) in [5, 5.41) is 0.123. The van der Waals surface area contributed by atoms with Crippen LogP contribution in [0.15, 0.2) is 42.5 Å². The van der Waals surface area contributed by atoms with Crippen molar-refractivity contribution in [1.82, 2.24) is 0 Å². The molecule has 0 spiro atoms. The molecule has 0 amide bonds. The van der Waals surface area contributed by atoms with Crippen molar-refractivity contribution in [1.29, 1.82) is 0 Å². The van der Waals surface area contributed by atoms with Gasteiger partial charge in [-0.05, 0) is 36.1 Å². The van der Waals surface area contributed by atoms with Crippen LogP contribution in [-0.4, -0.2) is 0 Å². The summed E-state index contributed by atoms with van der Waals surface area (Å²) in [5.74, 6) is 0.858. The zero-order chi connectivity index (χ0) is 14.5. The maximum Gasteiger partial charge on any atom is 0.148 e. The molecule has 0 bridgehead atoms. The summed E-state index contributed by atoms with van der Waals surface area (Å²) in [7, 11) is 0. The van der Waals surface area contributed by atoms with Crippen molar-refractivity contribution in [2.75, 3.05) is 0 Å². The molecule has 0 radical (unpaired) electrons. The van der Waals surface area contributed by atoms with Gasteiger partial charge in [0.25, 0.3) is 0 Å². The Morgan fingerprint density at radius 1 is 1.15 bits per heavy atom. The summed E-state index contributed by atoms with van der Waals surface area (Å²) in [4.78, 5) is 0. The third-order valence-electron chi connectivity index (χ3n) is 3.49.